The van der Waals surface area contributed by atoms with E-state index in [1.807, 2.05) is 12.1 Å². The van der Waals surface area contributed by atoms with Gasteiger partial charge in [-0.1, -0.05) is 35.0 Å². The summed E-state index contributed by atoms with van der Waals surface area (Å²) in [6.07, 6.45) is 2.84. The van der Waals surface area contributed by atoms with Gasteiger partial charge >= 0.3 is 0 Å². The molecule has 0 N–H and O–H groups in total. The third-order valence-corrected chi connectivity index (χ3v) is 4.98. The van der Waals surface area contributed by atoms with Gasteiger partial charge in [0.25, 0.3) is 0 Å². The van der Waals surface area contributed by atoms with Gasteiger partial charge in [0.1, 0.15) is 12.1 Å². The number of alkyl halides is 1. The molecule has 4 heteroatoms. The number of fused-ring (bicyclic) bond motifs is 1. The van der Waals surface area contributed by atoms with Gasteiger partial charge < -0.3 is 4.90 Å². The van der Waals surface area contributed by atoms with E-state index in [1.165, 1.54) is 6.42 Å². The zero-order chi connectivity index (χ0) is 12.5. The molecule has 1 aliphatic heterocycles. The predicted octanol–water partition coefficient (Wildman–Crippen LogP) is 3.24. The molecule has 3 nitrogen and oxygen atoms in total. The molecule has 1 saturated heterocycles. The van der Waals surface area contributed by atoms with Crippen molar-refractivity contribution in [2.45, 2.75) is 18.2 Å². The molecule has 0 aliphatic carbocycles. The van der Waals surface area contributed by atoms with Crippen LogP contribution in [-0.4, -0.2) is 27.9 Å². The molecule has 0 saturated carbocycles. The topological polar surface area (TPSA) is 29.0 Å². The van der Waals surface area contributed by atoms with Crippen LogP contribution in [0.3, 0.4) is 0 Å². The molecule has 18 heavy (non-hydrogen) atoms. The summed E-state index contributed by atoms with van der Waals surface area (Å²) in [5, 5.41) is 1.15. The summed E-state index contributed by atoms with van der Waals surface area (Å²) >= 11 is 3.74. The Balaban J connectivity index is 1.99. The highest BCUT2D eigenvalue weighted by Gasteiger charge is 2.25. The highest BCUT2D eigenvalue weighted by molar-refractivity contribution is 9.09. The molecule has 2 unspecified atom stereocenters. The highest BCUT2D eigenvalue weighted by atomic mass is 79.9. The van der Waals surface area contributed by atoms with Gasteiger partial charge in [0.05, 0.1) is 5.52 Å². The maximum atomic E-state index is 4.49. The van der Waals surface area contributed by atoms with Crippen molar-refractivity contribution in [1.82, 2.24) is 9.97 Å². The molecule has 1 aliphatic rings. The van der Waals surface area contributed by atoms with Gasteiger partial charge in [-0.05, 0) is 24.5 Å². The quantitative estimate of drug-likeness (QED) is 0.757. The number of nitrogens with zero attached hydrogens (tertiary/aromatic N) is 3. The average Bonchev–Trinajstić information content (AvgIpc) is 2.41. The number of hydrogen-bond acceptors (Lipinski definition) is 3. The van der Waals surface area contributed by atoms with Crippen LogP contribution in [0.1, 0.15) is 13.3 Å². The number of halogens is 1. The lowest BCUT2D eigenvalue weighted by Gasteiger charge is -2.35. The molecule has 0 bridgehead atoms. The van der Waals surface area contributed by atoms with Crippen molar-refractivity contribution in [1.29, 1.82) is 0 Å². The first-order valence-electron chi connectivity index (χ1n) is 6.34. The number of rotatable bonds is 1. The van der Waals surface area contributed by atoms with E-state index in [0.29, 0.717) is 10.7 Å². The third-order valence-electron chi connectivity index (χ3n) is 3.62. The van der Waals surface area contributed by atoms with E-state index >= 15 is 0 Å². The lowest BCUT2D eigenvalue weighted by Crippen LogP contribution is -2.40. The van der Waals surface area contributed by atoms with Crippen LogP contribution in [0.15, 0.2) is 30.6 Å². The second-order valence-corrected chi connectivity index (χ2v) is 6.12. The molecule has 94 valence electrons. The number of anilines is 1. The van der Waals surface area contributed by atoms with E-state index in [1.54, 1.807) is 6.33 Å². The Bertz CT molecular complexity index is 552. The summed E-state index contributed by atoms with van der Waals surface area (Å²) in [4.78, 5) is 11.8. The van der Waals surface area contributed by atoms with Crippen LogP contribution >= 0.6 is 15.9 Å². The van der Waals surface area contributed by atoms with E-state index < -0.39 is 0 Å². The maximum absolute atomic E-state index is 4.49. The molecule has 3 rings (SSSR count). The van der Waals surface area contributed by atoms with Crippen LogP contribution in [0.4, 0.5) is 5.82 Å². The average molecular weight is 306 g/mol. The second-order valence-electron chi connectivity index (χ2n) is 4.94. The second kappa shape index (κ2) is 4.84. The largest absolute Gasteiger partial charge is 0.356 e. The van der Waals surface area contributed by atoms with Crippen molar-refractivity contribution in [3.05, 3.63) is 30.6 Å². The van der Waals surface area contributed by atoms with Gasteiger partial charge in [-0.15, -0.1) is 0 Å². The van der Waals surface area contributed by atoms with E-state index in [4.69, 9.17) is 0 Å². The van der Waals surface area contributed by atoms with E-state index in [9.17, 15) is 0 Å². The SMILES string of the molecule is CC1CN(c2ncnc3ccccc23)CCC1Br. The van der Waals surface area contributed by atoms with E-state index in [-0.39, 0.29) is 0 Å². The Morgan fingerprint density at radius 2 is 2.11 bits per heavy atom. The molecule has 2 aromatic rings. The summed E-state index contributed by atoms with van der Waals surface area (Å²) in [5.41, 5.74) is 1.02. The molecule has 1 aromatic heterocycles. The Morgan fingerprint density at radius 1 is 1.28 bits per heavy atom. The molecule has 2 atom stereocenters. The number of hydrogen-bond donors (Lipinski definition) is 0. The van der Waals surface area contributed by atoms with Crippen molar-refractivity contribution >= 4 is 32.7 Å². The molecular formula is C14H16BrN3. The van der Waals surface area contributed by atoms with Crippen LogP contribution in [0.25, 0.3) is 10.9 Å². The van der Waals surface area contributed by atoms with Crippen molar-refractivity contribution in [2.75, 3.05) is 18.0 Å². The smallest absolute Gasteiger partial charge is 0.139 e. The molecule has 1 aromatic carbocycles. The lowest BCUT2D eigenvalue weighted by atomic mass is 10.00. The Hall–Kier alpha value is -1.16. The fourth-order valence-electron chi connectivity index (χ4n) is 2.55. The summed E-state index contributed by atoms with van der Waals surface area (Å²) < 4.78 is 0. The lowest BCUT2D eigenvalue weighted by molar-refractivity contribution is 0.464. The van der Waals surface area contributed by atoms with Crippen LogP contribution in [0.5, 0.6) is 0 Å². The summed E-state index contributed by atoms with van der Waals surface area (Å²) in [5.74, 6) is 1.72. The van der Waals surface area contributed by atoms with Crippen LogP contribution < -0.4 is 4.90 Å². The molecule has 2 heterocycles. The number of para-hydroxylation sites is 1. The molecule has 0 radical (unpaired) electrons. The number of piperidine rings is 1. The molecular weight excluding hydrogens is 290 g/mol. The zero-order valence-electron chi connectivity index (χ0n) is 10.4. The molecule has 0 spiro atoms. The Morgan fingerprint density at radius 3 is 2.94 bits per heavy atom. The van der Waals surface area contributed by atoms with Crippen molar-refractivity contribution in [3.63, 3.8) is 0 Å². The Labute approximate surface area is 115 Å². The standard InChI is InChI=1S/C14H16BrN3/c1-10-8-18(7-6-12(10)15)14-11-4-2-3-5-13(11)16-9-17-14/h2-5,9-10,12H,6-8H2,1H3. The molecule has 0 amide bonds. The zero-order valence-corrected chi connectivity index (χ0v) is 12.0. The van der Waals surface area contributed by atoms with Crippen LogP contribution in [0, 0.1) is 5.92 Å². The van der Waals surface area contributed by atoms with Crippen molar-refractivity contribution in [2.24, 2.45) is 5.92 Å². The minimum absolute atomic E-state index is 0.627. The van der Waals surface area contributed by atoms with Crippen LogP contribution in [-0.2, 0) is 0 Å². The van der Waals surface area contributed by atoms with Gasteiger partial charge in [0, 0.05) is 23.3 Å². The van der Waals surface area contributed by atoms with Gasteiger partial charge in [0.2, 0.25) is 0 Å². The predicted molar refractivity (Wildman–Crippen MR) is 78.2 cm³/mol. The summed E-state index contributed by atoms with van der Waals surface area (Å²) in [7, 11) is 0. The fourth-order valence-corrected chi connectivity index (χ4v) is 2.92. The first-order chi connectivity index (χ1) is 8.75. The fraction of sp³-hybridized carbons (Fsp3) is 0.429. The normalized spacial score (nSPS) is 24.4. The first-order valence-corrected chi connectivity index (χ1v) is 7.26. The van der Waals surface area contributed by atoms with Crippen molar-refractivity contribution in [3.8, 4) is 0 Å². The highest BCUT2D eigenvalue weighted by Crippen LogP contribution is 2.29. The van der Waals surface area contributed by atoms with Crippen LogP contribution in [0.2, 0.25) is 0 Å². The molecule has 1 fully saturated rings. The van der Waals surface area contributed by atoms with Gasteiger partial charge in [-0.3, -0.25) is 0 Å². The monoisotopic (exact) mass is 305 g/mol. The van der Waals surface area contributed by atoms with Gasteiger partial charge in [0.15, 0.2) is 0 Å². The van der Waals surface area contributed by atoms with Crippen molar-refractivity contribution < 1.29 is 0 Å². The summed E-state index contributed by atoms with van der Waals surface area (Å²) in [6, 6.07) is 8.22. The van der Waals surface area contributed by atoms with Gasteiger partial charge in [-0.25, -0.2) is 9.97 Å². The summed E-state index contributed by atoms with van der Waals surface area (Å²) in [6.45, 7) is 4.40. The minimum atomic E-state index is 0.627. The first kappa shape index (κ1) is 11.9. The van der Waals surface area contributed by atoms with Gasteiger partial charge in [-0.2, -0.15) is 0 Å². The number of benzene rings is 1. The number of aromatic nitrogens is 2. The van der Waals surface area contributed by atoms with E-state index in [2.05, 4.69) is 49.9 Å². The Kier molecular flexibility index (Phi) is 3.20. The van der Waals surface area contributed by atoms with E-state index in [0.717, 1.165) is 29.8 Å². The maximum Gasteiger partial charge on any atom is 0.139 e. The minimum Gasteiger partial charge on any atom is -0.356 e. The third kappa shape index (κ3) is 2.09.